The Morgan fingerprint density at radius 1 is 0.750 bits per heavy atom. The van der Waals surface area contributed by atoms with Gasteiger partial charge >= 0.3 is 0 Å². The second-order valence-electron chi connectivity index (χ2n) is 0. The van der Waals surface area contributed by atoms with E-state index < -0.39 is 0 Å². The van der Waals surface area contributed by atoms with Gasteiger partial charge in [0.15, 0.2) is 0 Å². The van der Waals surface area contributed by atoms with Crippen LogP contribution in [0.5, 0.6) is 0 Å². The molecule has 0 atom stereocenters. The lowest BCUT2D eigenvalue weighted by Crippen LogP contribution is -0.481. The fourth-order valence-corrected chi connectivity index (χ4v) is 0. The zero-order valence-electron chi connectivity index (χ0n) is 2.02. The summed E-state index contributed by atoms with van der Waals surface area (Å²) in [5.41, 5.74) is 0. The quantitative estimate of drug-likeness (QED) is 0.472. The van der Waals surface area contributed by atoms with E-state index in [2.05, 4.69) is 0 Å². The monoisotopic (exact) mass is 107 g/mol. The van der Waals surface area contributed by atoms with Gasteiger partial charge in [-0.1, -0.05) is 0 Å². The fraction of sp³-hybridized carbons (Fsp3) is 0. The molecule has 0 aromatic carbocycles. The standard InChI is InChI=1S/2ClH.H3N.H2O/h2*1H;1H3;1H2. The normalized spacial score (nSPS) is 0. The molecule has 0 saturated heterocycles. The Morgan fingerprint density at radius 2 is 0.750 bits per heavy atom. The molecule has 32 valence electrons. The van der Waals surface area contributed by atoms with Crippen molar-refractivity contribution in [2.75, 3.05) is 0 Å². The van der Waals surface area contributed by atoms with E-state index in [1.165, 1.54) is 0 Å². The van der Waals surface area contributed by atoms with E-state index >= 15 is 0 Å². The largest absolute Gasteiger partial charge is 0.412 e. The number of halogens is 2. The molecule has 0 amide bonds. The second-order valence-corrected chi connectivity index (χ2v) is 0. The van der Waals surface area contributed by atoms with Gasteiger partial charge in [-0.2, -0.15) is 0 Å². The molecule has 0 aromatic rings. The van der Waals surface area contributed by atoms with Gasteiger partial charge in [-0.3, -0.25) is 0 Å². The highest BCUT2D eigenvalue weighted by Gasteiger charge is -0.146. The predicted octanol–water partition coefficient (Wildman–Crippen LogP) is 0.181. The first-order valence-corrected chi connectivity index (χ1v) is 0. The molecule has 0 radical (unpaired) electrons. The van der Waals surface area contributed by atoms with Crippen molar-refractivity contribution >= 4 is 24.8 Å². The van der Waals surface area contributed by atoms with Crippen molar-refractivity contribution in [3.8, 4) is 0 Å². The van der Waals surface area contributed by atoms with Gasteiger partial charge < -0.3 is 11.6 Å². The topological polar surface area (TPSA) is 66.5 Å². The molecule has 0 heterocycles. The summed E-state index contributed by atoms with van der Waals surface area (Å²) in [5, 5.41) is 0. The lowest BCUT2D eigenvalue weighted by molar-refractivity contribution is 0.824. The fourth-order valence-electron chi connectivity index (χ4n) is 0. The van der Waals surface area contributed by atoms with Gasteiger partial charge in [0.05, 0.1) is 0 Å². The molecule has 0 aliphatic heterocycles. The van der Waals surface area contributed by atoms with Gasteiger partial charge in [0, 0.05) is 0 Å². The molecular formula is H7Cl2NO. The molecule has 0 rings (SSSR count). The molecular weight excluding hydrogens is 101 g/mol. The van der Waals surface area contributed by atoms with Crippen LogP contribution >= 0.6 is 24.8 Å². The Bertz CT molecular complexity index is 6.00. The maximum absolute atomic E-state index is 0. The first-order valence-electron chi connectivity index (χ1n) is 0. The van der Waals surface area contributed by atoms with Crippen LogP contribution in [0.2, 0.25) is 0 Å². The summed E-state index contributed by atoms with van der Waals surface area (Å²) in [6.07, 6.45) is 0. The van der Waals surface area contributed by atoms with E-state index in [0.717, 1.165) is 0 Å². The molecule has 0 fully saturated rings. The van der Waals surface area contributed by atoms with Crippen LogP contribution in [0.3, 0.4) is 0 Å². The number of hydrogen-bond donors (Lipinski definition) is 1. The van der Waals surface area contributed by atoms with E-state index in [9.17, 15) is 0 Å². The van der Waals surface area contributed by atoms with E-state index in [0.29, 0.717) is 0 Å². The Hall–Kier alpha value is 0.500. The Kier molecular flexibility index (Phi) is 4820. The van der Waals surface area contributed by atoms with Crippen LogP contribution in [0.4, 0.5) is 0 Å². The van der Waals surface area contributed by atoms with Crippen molar-refractivity contribution in [3.63, 3.8) is 0 Å². The SMILES string of the molecule is Cl.Cl.N.O. The summed E-state index contributed by atoms with van der Waals surface area (Å²) >= 11 is 0. The maximum atomic E-state index is 0. The predicted molar refractivity (Wildman–Crippen MR) is 23.1 cm³/mol. The summed E-state index contributed by atoms with van der Waals surface area (Å²) in [4.78, 5) is 0. The van der Waals surface area contributed by atoms with Gasteiger partial charge in [-0.15, -0.1) is 24.8 Å². The summed E-state index contributed by atoms with van der Waals surface area (Å²) in [6, 6.07) is 0. The van der Waals surface area contributed by atoms with E-state index in [-0.39, 0.29) is 36.4 Å². The van der Waals surface area contributed by atoms with Crippen molar-refractivity contribution in [2.45, 2.75) is 0 Å². The minimum atomic E-state index is 0. The molecule has 5 N–H and O–H groups in total. The van der Waals surface area contributed by atoms with Crippen molar-refractivity contribution in [2.24, 2.45) is 0 Å². The molecule has 4 heavy (non-hydrogen) atoms. The molecule has 0 aliphatic rings. The highest BCUT2D eigenvalue weighted by Crippen LogP contribution is 0.691. The highest BCUT2D eigenvalue weighted by atomic mass is 35.5. The average molecular weight is 108 g/mol. The average Bonchev–Trinajstić information content (AvgIpc) is 0. The van der Waals surface area contributed by atoms with Gasteiger partial charge in [0.2, 0.25) is 0 Å². The van der Waals surface area contributed by atoms with Crippen LogP contribution < -0.4 is 6.15 Å². The van der Waals surface area contributed by atoms with E-state index in [1.54, 1.807) is 0 Å². The number of hydrogen-bond acceptors (Lipinski definition) is 1. The molecule has 0 aromatic heterocycles. The Balaban J connectivity index is 0. The molecule has 0 saturated carbocycles. The van der Waals surface area contributed by atoms with Crippen LogP contribution in [-0.2, 0) is 0 Å². The van der Waals surface area contributed by atoms with Crippen LogP contribution in [-0.4, -0.2) is 5.48 Å². The van der Waals surface area contributed by atoms with Crippen LogP contribution in [0.1, 0.15) is 0 Å². The van der Waals surface area contributed by atoms with Gasteiger partial charge in [0.25, 0.3) is 0 Å². The third-order valence-electron chi connectivity index (χ3n) is 0. The lowest BCUT2D eigenvalue weighted by atomic mass is 14.0. The minimum absolute atomic E-state index is 0. The van der Waals surface area contributed by atoms with Crippen LogP contribution in [0, 0.1) is 0 Å². The highest BCUT2D eigenvalue weighted by molar-refractivity contribution is 5.85. The van der Waals surface area contributed by atoms with E-state index in [1.807, 2.05) is 0 Å². The van der Waals surface area contributed by atoms with Crippen LogP contribution in [0.25, 0.3) is 0 Å². The zero-order valence-corrected chi connectivity index (χ0v) is 3.66. The van der Waals surface area contributed by atoms with Gasteiger partial charge in [-0.25, -0.2) is 0 Å². The van der Waals surface area contributed by atoms with Crippen molar-refractivity contribution < 1.29 is 5.48 Å². The summed E-state index contributed by atoms with van der Waals surface area (Å²) in [7, 11) is 0. The summed E-state index contributed by atoms with van der Waals surface area (Å²) < 4.78 is 0. The third-order valence-corrected chi connectivity index (χ3v) is 0. The Morgan fingerprint density at radius 3 is 0.750 bits per heavy atom. The molecule has 4 heteroatoms. The molecule has 0 bridgehead atoms. The lowest BCUT2D eigenvalue weighted by Gasteiger charge is -0.412. The summed E-state index contributed by atoms with van der Waals surface area (Å²) in [5.74, 6) is 0. The summed E-state index contributed by atoms with van der Waals surface area (Å²) in [6.45, 7) is 0. The first-order chi connectivity index (χ1) is 0. The number of rotatable bonds is 0. The minimum Gasteiger partial charge on any atom is -0.412 e. The maximum Gasteiger partial charge on any atom is -0.147 e. The Labute approximate surface area is 37.3 Å². The molecule has 0 spiro atoms. The van der Waals surface area contributed by atoms with Crippen molar-refractivity contribution in [3.05, 3.63) is 0 Å². The molecule has 2 nitrogen and oxygen atoms in total. The van der Waals surface area contributed by atoms with Crippen molar-refractivity contribution in [1.82, 2.24) is 6.15 Å². The van der Waals surface area contributed by atoms with Crippen molar-refractivity contribution in [1.29, 1.82) is 0 Å². The van der Waals surface area contributed by atoms with Gasteiger partial charge in [0.1, 0.15) is 0 Å². The first kappa shape index (κ1) is 221. The van der Waals surface area contributed by atoms with Gasteiger partial charge in [-0.05, 0) is 0 Å². The second kappa shape index (κ2) is 87.5. The molecule has 0 aliphatic carbocycles. The smallest absolute Gasteiger partial charge is 0.147 e. The zero-order chi connectivity index (χ0) is 0. The van der Waals surface area contributed by atoms with Crippen LogP contribution in [0.15, 0.2) is 0 Å². The van der Waals surface area contributed by atoms with E-state index in [4.69, 9.17) is 0 Å². The molecule has 0 unspecified atom stereocenters. The third kappa shape index (κ3) is 22.5.